The highest BCUT2D eigenvalue weighted by molar-refractivity contribution is 6.30. The molecule has 2 aromatic heterocycles. The molecule has 0 spiro atoms. The first-order valence-corrected chi connectivity index (χ1v) is 9.91. The Morgan fingerprint density at radius 3 is 2.97 bits per heavy atom. The number of nitrogens with one attached hydrogen (secondary N) is 1. The predicted octanol–water partition coefficient (Wildman–Crippen LogP) is 1.58. The van der Waals surface area contributed by atoms with E-state index in [1.54, 1.807) is 13.0 Å². The molecule has 1 aromatic carbocycles. The smallest absolute Gasteiger partial charge is 0.270 e. The summed E-state index contributed by atoms with van der Waals surface area (Å²) in [7, 11) is 0. The van der Waals surface area contributed by atoms with E-state index in [0.29, 0.717) is 43.4 Å². The van der Waals surface area contributed by atoms with E-state index in [1.807, 2.05) is 0 Å². The fraction of sp³-hybridized carbons (Fsp3) is 0.368. The molecule has 0 aliphatic carbocycles. The fourth-order valence-corrected chi connectivity index (χ4v) is 3.17. The minimum Gasteiger partial charge on any atom is -0.376 e. The third-order valence-electron chi connectivity index (χ3n) is 4.44. The molecule has 1 atom stereocenters. The monoisotopic (exact) mass is 447 g/mol. The van der Waals surface area contributed by atoms with Crippen molar-refractivity contribution in [1.29, 1.82) is 0 Å². The van der Waals surface area contributed by atoms with Crippen LogP contribution < -0.4 is 5.32 Å². The van der Waals surface area contributed by atoms with Gasteiger partial charge in [0.15, 0.2) is 0 Å². The second-order valence-corrected chi connectivity index (χ2v) is 7.26. The molecule has 1 aliphatic rings. The molecule has 1 amide bonds. The SMILES string of the molecule is Cc1nc(C(=O)NCc2ccc(F)c(Cl)c2)cc(-c2nnn(C[C@@H]3COCCO3)n2)n1. The number of hydrogen-bond donors (Lipinski definition) is 1. The van der Waals surface area contributed by atoms with Gasteiger partial charge in [0.1, 0.15) is 29.1 Å². The maximum absolute atomic E-state index is 13.3. The van der Waals surface area contributed by atoms with Gasteiger partial charge in [-0.2, -0.15) is 4.80 Å². The first kappa shape index (κ1) is 21.2. The van der Waals surface area contributed by atoms with Crippen LogP contribution in [-0.4, -0.2) is 62.0 Å². The standard InChI is InChI=1S/C19H19ClFN7O3/c1-11-23-16(18-25-27-28(26-18)9-13-10-30-4-5-31-13)7-17(24-11)19(29)22-8-12-2-3-15(21)14(20)6-12/h2-3,6-7,13H,4-5,8-10H2,1H3,(H,22,29)/t13-/m1/s1. The molecule has 3 heterocycles. The van der Waals surface area contributed by atoms with Gasteiger partial charge in [-0.3, -0.25) is 4.79 Å². The van der Waals surface area contributed by atoms with Gasteiger partial charge in [-0.25, -0.2) is 14.4 Å². The maximum atomic E-state index is 13.3. The molecule has 3 aromatic rings. The number of ether oxygens (including phenoxy) is 2. The average Bonchev–Trinajstić information content (AvgIpc) is 3.23. The summed E-state index contributed by atoms with van der Waals surface area (Å²) in [5.41, 5.74) is 1.18. The highest BCUT2D eigenvalue weighted by atomic mass is 35.5. The van der Waals surface area contributed by atoms with Crippen LogP contribution in [0.3, 0.4) is 0 Å². The van der Waals surface area contributed by atoms with Gasteiger partial charge in [0.2, 0.25) is 5.82 Å². The Hall–Kier alpha value is -3.02. The van der Waals surface area contributed by atoms with E-state index in [1.165, 1.54) is 23.0 Å². The molecule has 0 radical (unpaired) electrons. The van der Waals surface area contributed by atoms with Crippen molar-refractivity contribution in [2.75, 3.05) is 19.8 Å². The lowest BCUT2D eigenvalue weighted by Crippen LogP contribution is -2.33. The van der Waals surface area contributed by atoms with Crippen LogP contribution in [0.1, 0.15) is 21.9 Å². The van der Waals surface area contributed by atoms with E-state index >= 15 is 0 Å². The van der Waals surface area contributed by atoms with Crippen LogP contribution in [0.5, 0.6) is 0 Å². The number of hydrogen-bond acceptors (Lipinski definition) is 8. The minimum atomic E-state index is -0.518. The third kappa shape index (κ3) is 5.37. The molecule has 162 valence electrons. The fourth-order valence-electron chi connectivity index (χ4n) is 2.97. The second-order valence-electron chi connectivity index (χ2n) is 6.85. The lowest BCUT2D eigenvalue weighted by Gasteiger charge is -2.21. The summed E-state index contributed by atoms with van der Waals surface area (Å²) in [6, 6.07) is 5.73. The van der Waals surface area contributed by atoms with Crippen LogP contribution in [0, 0.1) is 12.7 Å². The van der Waals surface area contributed by atoms with Crippen LogP contribution in [0.2, 0.25) is 5.02 Å². The Morgan fingerprint density at radius 2 is 2.19 bits per heavy atom. The molecule has 1 fully saturated rings. The topological polar surface area (TPSA) is 117 Å². The van der Waals surface area contributed by atoms with Crippen molar-refractivity contribution in [2.45, 2.75) is 26.1 Å². The molecule has 0 bridgehead atoms. The molecule has 1 N–H and O–H groups in total. The van der Waals surface area contributed by atoms with Crippen molar-refractivity contribution < 1.29 is 18.7 Å². The first-order chi connectivity index (χ1) is 15.0. The van der Waals surface area contributed by atoms with Crippen molar-refractivity contribution in [2.24, 2.45) is 0 Å². The van der Waals surface area contributed by atoms with E-state index in [2.05, 4.69) is 30.7 Å². The van der Waals surface area contributed by atoms with E-state index in [4.69, 9.17) is 21.1 Å². The zero-order chi connectivity index (χ0) is 21.8. The van der Waals surface area contributed by atoms with E-state index in [0.717, 1.165) is 0 Å². The van der Waals surface area contributed by atoms with Crippen LogP contribution in [-0.2, 0) is 22.6 Å². The summed E-state index contributed by atoms with van der Waals surface area (Å²) in [5, 5.41) is 15.1. The number of carbonyl (C=O) groups is 1. The van der Waals surface area contributed by atoms with Crippen molar-refractivity contribution >= 4 is 17.5 Å². The molecule has 0 unspecified atom stereocenters. The van der Waals surface area contributed by atoms with Crippen molar-refractivity contribution in [1.82, 2.24) is 35.5 Å². The summed E-state index contributed by atoms with van der Waals surface area (Å²) in [6.45, 7) is 3.79. The Balaban J connectivity index is 1.45. The third-order valence-corrected chi connectivity index (χ3v) is 4.73. The first-order valence-electron chi connectivity index (χ1n) is 9.53. The quantitative estimate of drug-likeness (QED) is 0.605. The number of aryl methyl sites for hydroxylation is 1. The summed E-state index contributed by atoms with van der Waals surface area (Å²) < 4.78 is 24.2. The van der Waals surface area contributed by atoms with E-state index in [9.17, 15) is 9.18 Å². The summed E-state index contributed by atoms with van der Waals surface area (Å²) in [4.78, 5) is 22.5. The van der Waals surface area contributed by atoms with Gasteiger partial charge in [0.25, 0.3) is 5.91 Å². The number of rotatable bonds is 6. The number of halogens is 2. The largest absolute Gasteiger partial charge is 0.376 e. The Bertz CT molecular complexity index is 1090. The normalized spacial score (nSPS) is 16.3. The van der Waals surface area contributed by atoms with Crippen molar-refractivity contribution in [3.63, 3.8) is 0 Å². The van der Waals surface area contributed by atoms with Gasteiger partial charge in [-0.15, -0.1) is 10.2 Å². The molecular weight excluding hydrogens is 429 g/mol. The van der Waals surface area contributed by atoms with Gasteiger partial charge in [-0.05, 0) is 35.9 Å². The molecule has 0 saturated carbocycles. The lowest BCUT2D eigenvalue weighted by atomic mass is 10.2. The van der Waals surface area contributed by atoms with Crippen molar-refractivity contribution in [3.8, 4) is 11.5 Å². The molecule has 31 heavy (non-hydrogen) atoms. The highest BCUT2D eigenvalue weighted by Gasteiger charge is 2.19. The number of amides is 1. The van der Waals surface area contributed by atoms with E-state index in [-0.39, 0.29) is 29.2 Å². The van der Waals surface area contributed by atoms with E-state index < -0.39 is 11.7 Å². The highest BCUT2D eigenvalue weighted by Crippen LogP contribution is 2.16. The summed E-state index contributed by atoms with van der Waals surface area (Å²) in [5.74, 6) is -0.294. The number of aromatic nitrogens is 6. The number of tetrazole rings is 1. The van der Waals surface area contributed by atoms with Crippen LogP contribution >= 0.6 is 11.6 Å². The number of carbonyl (C=O) groups excluding carboxylic acids is 1. The van der Waals surface area contributed by atoms with Crippen LogP contribution in [0.4, 0.5) is 4.39 Å². The summed E-state index contributed by atoms with van der Waals surface area (Å²) in [6.07, 6.45) is -0.149. The molecule has 12 heteroatoms. The molecule has 1 aliphatic heterocycles. The average molecular weight is 448 g/mol. The van der Waals surface area contributed by atoms with Crippen LogP contribution in [0.25, 0.3) is 11.5 Å². The molecule has 10 nitrogen and oxygen atoms in total. The number of benzene rings is 1. The Kier molecular flexibility index (Phi) is 6.44. The summed E-state index contributed by atoms with van der Waals surface area (Å²) >= 11 is 5.77. The lowest BCUT2D eigenvalue weighted by molar-refractivity contribution is -0.0959. The van der Waals surface area contributed by atoms with Gasteiger partial charge >= 0.3 is 0 Å². The van der Waals surface area contributed by atoms with Crippen LogP contribution in [0.15, 0.2) is 24.3 Å². The van der Waals surface area contributed by atoms with Gasteiger partial charge < -0.3 is 14.8 Å². The van der Waals surface area contributed by atoms with Crippen molar-refractivity contribution in [3.05, 3.63) is 52.2 Å². The predicted molar refractivity (Wildman–Crippen MR) is 107 cm³/mol. The van der Waals surface area contributed by atoms with Gasteiger partial charge in [0, 0.05) is 6.54 Å². The second kappa shape index (κ2) is 9.41. The Morgan fingerprint density at radius 1 is 1.32 bits per heavy atom. The molecular formula is C19H19ClFN7O3. The molecule has 1 saturated heterocycles. The zero-order valence-electron chi connectivity index (χ0n) is 16.6. The Labute approximate surface area is 181 Å². The van der Waals surface area contributed by atoms with Gasteiger partial charge in [-0.1, -0.05) is 17.7 Å². The maximum Gasteiger partial charge on any atom is 0.270 e. The number of nitrogens with zero attached hydrogens (tertiary/aromatic N) is 6. The molecule has 4 rings (SSSR count). The van der Waals surface area contributed by atoms with Gasteiger partial charge in [0.05, 0.1) is 31.4 Å². The minimum absolute atomic E-state index is 0.00809. The zero-order valence-corrected chi connectivity index (χ0v) is 17.3.